The second-order valence-corrected chi connectivity index (χ2v) is 4.87. The van der Waals surface area contributed by atoms with Crippen LogP contribution in [0.3, 0.4) is 0 Å². The number of unbranched alkanes of at least 4 members (excludes halogenated alkanes) is 2. The van der Waals surface area contributed by atoms with E-state index in [0.717, 1.165) is 24.0 Å². The van der Waals surface area contributed by atoms with Crippen molar-refractivity contribution in [1.29, 1.82) is 0 Å². The monoisotopic (exact) mass is 306 g/mol. The molecule has 22 heavy (non-hydrogen) atoms. The SMILES string of the molecule is O=C(C=Cc1ccc(CO)cc1)NCCCCCC(=O)NO. The van der Waals surface area contributed by atoms with Crippen molar-refractivity contribution in [2.45, 2.75) is 32.3 Å². The Bertz CT molecular complexity index is 497. The van der Waals surface area contributed by atoms with Gasteiger partial charge in [-0.25, -0.2) is 5.48 Å². The van der Waals surface area contributed by atoms with Crippen molar-refractivity contribution in [3.63, 3.8) is 0 Å². The van der Waals surface area contributed by atoms with Gasteiger partial charge in [0.25, 0.3) is 0 Å². The highest BCUT2D eigenvalue weighted by molar-refractivity contribution is 5.91. The molecule has 2 amide bonds. The van der Waals surface area contributed by atoms with Gasteiger partial charge in [-0.15, -0.1) is 0 Å². The fourth-order valence-electron chi connectivity index (χ4n) is 1.82. The lowest BCUT2D eigenvalue weighted by atomic mass is 10.1. The largest absolute Gasteiger partial charge is 0.392 e. The molecule has 0 fully saturated rings. The Morgan fingerprint density at radius 2 is 1.82 bits per heavy atom. The third-order valence-electron chi connectivity index (χ3n) is 3.09. The van der Waals surface area contributed by atoms with Crippen LogP contribution in [0.4, 0.5) is 0 Å². The highest BCUT2D eigenvalue weighted by Gasteiger charge is 1.99. The number of hydrogen-bond acceptors (Lipinski definition) is 4. The summed E-state index contributed by atoms with van der Waals surface area (Å²) < 4.78 is 0. The minimum absolute atomic E-state index is 0.00441. The van der Waals surface area contributed by atoms with Crippen LogP contribution in [0.2, 0.25) is 0 Å². The van der Waals surface area contributed by atoms with E-state index in [-0.39, 0.29) is 24.8 Å². The van der Waals surface area contributed by atoms with E-state index in [4.69, 9.17) is 10.3 Å². The van der Waals surface area contributed by atoms with Crippen molar-refractivity contribution >= 4 is 17.9 Å². The third-order valence-corrected chi connectivity index (χ3v) is 3.09. The predicted molar refractivity (Wildman–Crippen MR) is 82.8 cm³/mol. The van der Waals surface area contributed by atoms with Crippen LogP contribution >= 0.6 is 0 Å². The number of rotatable bonds is 9. The molecule has 6 nitrogen and oxygen atoms in total. The number of benzene rings is 1. The maximum atomic E-state index is 11.6. The summed E-state index contributed by atoms with van der Waals surface area (Å²) in [5.74, 6) is -0.557. The quantitative estimate of drug-likeness (QED) is 0.240. The van der Waals surface area contributed by atoms with E-state index in [1.165, 1.54) is 6.08 Å². The Morgan fingerprint density at radius 1 is 1.09 bits per heavy atom. The molecule has 0 spiro atoms. The highest BCUT2D eigenvalue weighted by Crippen LogP contribution is 2.06. The first-order valence-corrected chi connectivity index (χ1v) is 7.24. The first-order valence-electron chi connectivity index (χ1n) is 7.24. The van der Waals surface area contributed by atoms with Gasteiger partial charge >= 0.3 is 0 Å². The number of carbonyl (C=O) groups is 2. The van der Waals surface area contributed by atoms with Gasteiger partial charge in [0.2, 0.25) is 11.8 Å². The average Bonchev–Trinajstić information content (AvgIpc) is 2.56. The zero-order valence-electron chi connectivity index (χ0n) is 12.4. The van der Waals surface area contributed by atoms with Crippen molar-refractivity contribution in [3.8, 4) is 0 Å². The molecule has 1 aromatic rings. The second-order valence-electron chi connectivity index (χ2n) is 4.87. The molecule has 0 saturated carbocycles. The van der Waals surface area contributed by atoms with Gasteiger partial charge in [0.1, 0.15) is 0 Å². The minimum atomic E-state index is -0.390. The van der Waals surface area contributed by atoms with E-state index in [1.54, 1.807) is 23.7 Å². The molecule has 0 aliphatic carbocycles. The normalized spacial score (nSPS) is 10.6. The van der Waals surface area contributed by atoms with Gasteiger partial charge in [-0.2, -0.15) is 0 Å². The predicted octanol–water partition coefficient (Wildman–Crippen LogP) is 1.37. The molecule has 1 rings (SSSR count). The van der Waals surface area contributed by atoms with E-state index in [9.17, 15) is 9.59 Å². The Kier molecular flexibility index (Phi) is 8.56. The summed E-state index contributed by atoms with van der Waals surface area (Å²) in [4.78, 5) is 22.4. The number of aliphatic hydroxyl groups excluding tert-OH is 1. The fraction of sp³-hybridized carbons (Fsp3) is 0.375. The summed E-state index contributed by atoms with van der Waals surface area (Å²) in [7, 11) is 0. The molecular weight excluding hydrogens is 284 g/mol. The lowest BCUT2D eigenvalue weighted by Crippen LogP contribution is -2.22. The lowest BCUT2D eigenvalue weighted by molar-refractivity contribution is -0.129. The van der Waals surface area contributed by atoms with E-state index in [0.29, 0.717) is 13.0 Å². The van der Waals surface area contributed by atoms with Crippen LogP contribution in [0.25, 0.3) is 6.08 Å². The molecule has 6 heteroatoms. The number of nitrogens with one attached hydrogen (secondary N) is 2. The molecule has 0 bridgehead atoms. The van der Waals surface area contributed by atoms with Crippen molar-refractivity contribution in [3.05, 3.63) is 41.5 Å². The first-order chi connectivity index (χ1) is 10.7. The van der Waals surface area contributed by atoms with Crippen molar-refractivity contribution in [1.82, 2.24) is 10.8 Å². The Labute approximate surface area is 129 Å². The average molecular weight is 306 g/mol. The summed E-state index contributed by atoms with van der Waals surface area (Å²) in [6.45, 7) is 0.553. The molecule has 0 atom stereocenters. The molecule has 0 radical (unpaired) electrons. The molecular formula is C16H22N2O4. The highest BCUT2D eigenvalue weighted by atomic mass is 16.5. The van der Waals surface area contributed by atoms with Gasteiger partial charge < -0.3 is 10.4 Å². The Hall–Kier alpha value is -2.18. The van der Waals surface area contributed by atoms with E-state index < -0.39 is 0 Å². The van der Waals surface area contributed by atoms with Gasteiger partial charge in [0.05, 0.1) is 6.61 Å². The molecule has 0 saturated heterocycles. The molecule has 0 aromatic heterocycles. The van der Waals surface area contributed by atoms with Gasteiger partial charge in [0.15, 0.2) is 0 Å². The van der Waals surface area contributed by atoms with E-state index >= 15 is 0 Å². The number of aliphatic hydroxyl groups is 1. The van der Waals surface area contributed by atoms with Gasteiger partial charge in [0, 0.05) is 19.0 Å². The van der Waals surface area contributed by atoms with Crippen LogP contribution in [0.15, 0.2) is 30.3 Å². The summed E-state index contributed by atoms with van der Waals surface area (Å²) in [5, 5.41) is 20.0. The van der Waals surface area contributed by atoms with Gasteiger partial charge in [-0.05, 0) is 30.0 Å². The van der Waals surface area contributed by atoms with E-state index in [2.05, 4.69) is 5.32 Å². The van der Waals surface area contributed by atoms with E-state index in [1.807, 2.05) is 12.1 Å². The molecule has 0 aliphatic rings. The van der Waals surface area contributed by atoms with Crippen LogP contribution in [0.5, 0.6) is 0 Å². The fourth-order valence-corrected chi connectivity index (χ4v) is 1.82. The summed E-state index contributed by atoms with van der Waals surface area (Å²) in [6, 6.07) is 7.28. The lowest BCUT2D eigenvalue weighted by Gasteiger charge is -2.02. The third kappa shape index (κ3) is 7.56. The summed E-state index contributed by atoms with van der Waals surface area (Å²) >= 11 is 0. The topological polar surface area (TPSA) is 98.7 Å². The maximum Gasteiger partial charge on any atom is 0.243 e. The molecule has 4 N–H and O–H groups in total. The number of hydrogen-bond donors (Lipinski definition) is 4. The molecule has 120 valence electrons. The van der Waals surface area contributed by atoms with Gasteiger partial charge in [-0.3, -0.25) is 14.8 Å². The Balaban J connectivity index is 2.17. The standard InChI is InChI=1S/C16H22N2O4/c19-12-14-7-5-13(6-8-14)9-10-15(20)17-11-3-1-2-4-16(21)18-22/h5-10,19,22H,1-4,11-12H2,(H,17,20)(H,18,21). The number of amides is 2. The number of carbonyl (C=O) groups excluding carboxylic acids is 2. The van der Waals surface area contributed by atoms with Crippen molar-refractivity contribution < 1.29 is 19.9 Å². The zero-order chi connectivity index (χ0) is 16.2. The smallest absolute Gasteiger partial charge is 0.243 e. The maximum absolute atomic E-state index is 11.6. The molecule has 0 aliphatic heterocycles. The zero-order valence-corrected chi connectivity index (χ0v) is 12.4. The van der Waals surface area contributed by atoms with Crippen LogP contribution in [0, 0.1) is 0 Å². The molecule has 1 aromatic carbocycles. The summed E-state index contributed by atoms with van der Waals surface area (Å²) in [6.07, 6.45) is 5.72. The molecule has 0 heterocycles. The number of hydroxylamine groups is 1. The van der Waals surface area contributed by atoms with Crippen LogP contribution in [0.1, 0.15) is 36.8 Å². The molecule has 0 unspecified atom stereocenters. The second kappa shape index (κ2) is 10.5. The first kappa shape index (κ1) is 17.9. The Morgan fingerprint density at radius 3 is 2.45 bits per heavy atom. The van der Waals surface area contributed by atoms with Crippen LogP contribution < -0.4 is 10.8 Å². The summed E-state index contributed by atoms with van der Waals surface area (Å²) in [5.41, 5.74) is 3.30. The van der Waals surface area contributed by atoms with Crippen molar-refractivity contribution in [2.75, 3.05) is 6.54 Å². The van der Waals surface area contributed by atoms with Crippen LogP contribution in [-0.2, 0) is 16.2 Å². The van der Waals surface area contributed by atoms with Crippen molar-refractivity contribution in [2.24, 2.45) is 0 Å². The van der Waals surface area contributed by atoms with Gasteiger partial charge in [-0.1, -0.05) is 30.7 Å². The van der Waals surface area contributed by atoms with Crippen LogP contribution in [-0.4, -0.2) is 28.7 Å². The minimum Gasteiger partial charge on any atom is -0.392 e.